The van der Waals surface area contributed by atoms with Crippen molar-refractivity contribution in [3.63, 3.8) is 0 Å². The lowest BCUT2D eigenvalue weighted by molar-refractivity contribution is -0.914. The van der Waals surface area contributed by atoms with E-state index < -0.39 is 8.07 Å². The first-order chi connectivity index (χ1) is 5.39. The first kappa shape index (κ1) is 12.2. The Bertz CT molecular complexity index is 114. The molecule has 0 aliphatic rings. The average Bonchev–Trinajstić information content (AvgIpc) is 1.99. The maximum Gasteiger partial charge on any atom is 0.110 e. The van der Waals surface area contributed by atoms with Gasteiger partial charge in [-0.25, -0.2) is 0 Å². The molecular weight excluding hydrogens is 162 g/mol. The normalized spacial score (nSPS) is 13.5. The number of nitrogens with zero attached hydrogens (tertiary/aromatic N) is 1. The molecule has 12 heavy (non-hydrogen) atoms. The highest BCUT2D eigenvalue weighted by Crippen LogP contribution is 2.13. The molecule has 0 aliphatic heterocycles. The highest BCUT2D eigenvalue weighted by molar-refractivity contribution is 6.75. The molecule has 0 spiro atoms. The Kier molecular flexibility index (Phi) is 4.49. The largest absolute Gasteiger partial charge is 0.328 e. The van der Waals surface area contributed by atoms with Gasteiger partial charge in [0.05, 0.1) is 25.8 Å². The van der Waals surface area contributed by atoms with Crippen molar-refractivity contribution < 1.29 is 4.48 Å². The van der Waals surface area contributed by atoms with E-state index in [-0.39, 0.29) is 0 Å². The summed E-state index contributed by atoms with van der Waals surface area (Å²) in [7, 11) is -0.883. The van der Waals surface area contributed by atoms with Crippen LogP contribution in [0.2, 0.25) is 19.6 Å². The number of hydrogen-bond acceptors (Lipinski definition) is 0. The van der Waals surface area contributed by atoms with Gasteiger partial charge in [-0.05, 0) is 20.8 Å². The van der Waals surface area contributed by atoms with Crippen molar-refractivity contribution in [2.24, 2.45) is 0 Å². The summed E-state index contributed by atoms with van der Waals surface area (Å²) in [6.45, 7) is 18.3. The van der Waals surface area contributed by atoms with Crippen LogP contribution in [0.25, 0.3) is 0 Å². The predicted molar refractivity (Wildman–Crippen MR) is 60.1 cm³/mol. The van der Waals surface area contributed by atoms with Gasteiger partial charge in [-0.3, -0.25) is 0 Å². The first-order valence-corrected chi connectivity index (χ1v) is 8.95. The van der Waals surface area contributed by atoms with Crippen LogP contribution in [0.4, 0.5) is 0 Å². The zero-order chi connectivity index (χ0) is 9.83. The molecule has 0 bridgehead atoms. The molecule has 74 valence electrons. The summed E-state index contributed by atoms with van der Waals surface area (Å²) < 4.78 is 1.33. The summed E-state index contributed by atoms with van der Waals surface area (Å²) in [5.74, 6) is 0. The van der Waals surface area contributed by atoms with Crippen LogP contribution in [-0.2, 0) is 0 Å². The number of hydrogen-bond donors (Lipinski definition) is 0. The Labute approximate surface area is 79.4 Å². The van der Waals surface area contributed by atoms with Gasteiger partial charge in [0, 0.05) is 0 Å². The molecule has 0 saturated heterocycles. The Morgan fingerprint density at radius 2 is 1.17 bits per heavy atom. The van der Waals surface area contributed by atoms with Gasteiger partial charge in [-0.1, -0.05) is 19.6 Å². The molecule has 0 aliphatic carbocycles. The van der Waals surface area contributed by atoms with E-state index >= 15 is 0 Å². The van der Waals surface area contributed by atoms with Crippen molar-refractivity contribution in [2.45, 2.75) is 40.4 Å². The van der Waals surface area contributed by atoms with Crippen molar-refractivity contribution in [1.82, 2.24) is 0 Å². The second-order valence-electron chi connectivity index (χ2n) is 5.01. The van der Waals surface area contributed by atoms with Crippen LogP contribution in [-0.4, -0.2) is 38.4 Å². The smallest absolute Gasteiger partial charge is 0.110 e. The standard InChI is InChI=1S/C10H26NSi/c1-7-11(8-2,9-3)10-12(4,5)6/h7-10H2,1-6H3/q+1. The van der Waals surface area contributed by atoms with Crippen LogP contribution >= 0.6 is 0 Å². The SMILES string of the molecule is CC[N+](CC)(CC)C[Si](C)(C)C. The number of quaternary nitrogens is 1. The van der Waals surface area contributed by atoms with Gasteiger partial charge in [0.1, 0.15) is 8.07 Å². The van der Waals surface area contributed by atoms with Gasteiger partial charge in [-0.2, -0.15) is 0 Å². The highest BCUT2D eigenvalue weighted by Gasteiger charge is 2.29. The molecule has 2 heteroatoms. The molecule has 0 unspecified atom stereocenters. The zero-order valence-electron chi connectivity index (χ0n) is 9.78. The van der Waals surface area contributed by atoms with Crippen LogP contribution in [0, 0.1) is 0 Å². The molecule has 0 saturated carbocycles. The summed E-state index contributed by atoms with van der Waals surface area (Å²) in [6.07, 6.45) is 1.44. The van der Waals surface area contributed by atoms with Gasteiger partial charge in [0.25, 0.3) is 0 Å². The second-order valence-corrected chi connectivity index (χ2v) is 10.4. The monoisotopic (exact) mass is 188 g/mol. The number of rotatable bonds is 5. The van der Waals surface area contributed by atoms with Crippen LogP contribution in [0.3, 0.4) is 0 Å². The Balaban J connectivity index is 4.30. The minimum atomic E-state index is -0.883. The molecule has 0 rings (SSSR count). The lowest BCUT2D eigenvalue weighted by atomic mass is 10.4. The van der Waals surface area contributed by atoms with Gasteiger partial charge in [0.15, 0.2) is 0 Å². The van der Waals surface area contributed by atoms with Gasteiger partial charge in [-0.15, -0.1) is 0 Å². The van der Waals surface area contributed by atoms with E-state index in [9.17, 15) is 0 Å². The van der Waals surface area contributed by atoms with E-state index in [1.54, 1.807) is 0 Å². The van der Waals surface area contributed by atoms with E-state index in [0.29, 0.717) is 0 Å². The Morgan fingerprint density at radius 1 is 0.833 bits per heavy atom. The Hall–Kier alpha value is 0.177. The fraction of sp³-hybridized carbons (Fsp3) is 1.00. The van der Waals surface area contributed by atoms with E-state index in [1.807, 2.05) is 0 Å². The molecule has 0 aromatic heterocycles. The van der Waals surface area contributed by atoms with Crippen LogP contribution < -0.4 is 0 Å². The maximum atomic E-state index is 2.47. The fourth-order valence-corrected chi connectivity index (χ4v) is 4.70. The third kappa shape index (κ3) is 3.72. The fourth-order valence-electron chi connectivity index (χ4n) is 2.01. The Morgan fingerprint density at radius 3 is 1.25 bits per heavy atom. The molecule has 0 aromatic rings. The zero-order valence-corrected chi connectivity index (χ0v) is 10.8. The van der Waals surface area contributed by atoms with Crippen LogP contribution in [0.5, 0.6) is 0 Å². The van der Waals surface area contributed by atoms with Gasteiger partial charge >= 0.3 is 0 Å². The third-order valence-electron chi connectivity index (χ3n) is 2.82. The van der Waals surface area contributed by atoms with E-state index in [0.717, 1.165) is 0 Å². The summed E-state index contributed by atoms with van der Waals surface area (Å²) in [5.41, 5.74) is 0. The molecule has 0 atom stereocenters. The van der Waals surface area contributed by atoms with E-state index in [2.05, 4.69) is 40.4 Å². The molecule has 0 heterocycles. The third-order valence-corrected chi connectivity index (χ3v) is 4.44. The minimum absolute atomic E-state index is 0.883. The lowest BCUT2D eigenvalue weighted by Crippen LogP contribution is -2.55. The van der Waals surface area contributed by atoms with Crippen LogP contribution in [0.15, 0.2) is 0 Å². The van der Waals surface area contributed by atoms with Gasteiger partial charge in [0.2, 0.25) is 0 Å². The highest BCUT2D eigenvalue weighted by atomic mass is 28.3. The molecule has 0 N–H and O–H groups in total. The molecule has 1 nitrogen and oxygen atoms in total. The molecular formula is C10H26NSi+. The average molecular weight is 188 g/mol. The molecule has 0 amide bonds. The summed E-state index contributed by atoms with van der Waals surface area (Å²) in [6, 6.07) is 0. The van der Waals surface area contributed by atoms with Crippen molar-refractivity contribution in [1.29, 1.82) is 0 Å². The minimum Gasteiger partial charge on any atom is -0.328 e. The topological polar surface area (TPSA) is 0 Å². The van der Waals surface area contributed by atoms with Crippen molar-refractivity contribution in [3.8, 4) is 0 Å². The molecule has 0 aromatic carbocycles. The summed E-state index contributed by atoms with van der Waals surface area (Å²) >= 11 is 0. The van der Waals surface area contributed by atoms with E-state index in [4.69, 9.17) is 0 Å². The van der Waals surface area contributed by atoms with Crippen molar-refractivity contribution in [3.05, 3.63) is 0 Å². The van der Waals surface area contributed by atoms with Gasteiger partial charge < -0.3 is 4.48 Å². The first-order valence-electron chi connectivity index (χ1n) is 5.24. The maximum absolute atomic E-state index is 2.47. The summed E-state index contributed by atoms with van der Waals surface area (Å²) in [5, 5.41) is 0. The molecule has 0 fully saturated rings. The second kappa shape index (κ2) is 4.42. The quantitative estimate of drug-likeness (QED) is 0.460. The molecule has 0 radical (unpaired) electrons. The predicted octanol–water partition coefficient (Wildman–Crippen LogP) is 2.74. The summed E-state index contributed by atoms with van der Waals surface area (Å²) in [4.78, 5) is 0. The van der Waals surface area contributed by atoms with Crippen molar-refractivity contribution >= 4 is 8.07 Å². The van der Waals surface area contributed by atoms with Crippen molar-refractivity contribution in [2.75, 3.05) is 25.8 Å². The lowest BCUT2D eigenvalue weighted by Gasteiger charge is -2.40. The van der Waals surface area contributed by atoms with E-state index in [1.165, 1.54) is 30.3 Å². The van der Waals surface area contributed by atoms with Crippen LogP contribution in [0.1, 0.15) is 20.8 Å².